The molecule has 8 heteroatoms. The molecule has 2 aliphatic rings. The maximum absolute atomic E-state index is 13.2. The molecule has 4 heterocycles. The normalized spacial score (nSPS) is 17.8. The quantitative estimate of drug-likeness (QED) is 0.668. The molecule has 3 aromatic rings. The first kappa shape index (κ1) is 20.4. The van der Waals surface area contributed by atoms with Crippen LogP contribution in [0.3, 0.4) is 0 Å². The number of anilines is 2. The Labute approximate surface area is 186 Å². The van der Waals surface area contributed by atoms with Gasteiger partial charge in [-0.1, -0.05) is 12.1 Å². The molecule has 0 saturated carbocycles. The molecule has 1 atom stereocenters. The number of aromatic nitrogens is 2. The fraction of sp³-hybridized carbons (Fsp3) is 0.333. The maximum Gasteiger partial charge on any atom is 0.255 e. The number of pyridine rings is 2. The number of benzene rings is 1. The molecule has 2 aromatic heterocycles. The summed E-state index contributed by atoms with van der Waals surface area (Å²) >= 11 is 0. The van der Waals surface area contributed by atoms with E-state index in [2.05, 4.69) is 15.3 Å². The number of amides is 2. The van der Waals surface area contributed by atoms with E-state index in [1.165, 1.54) is 0 Å². The highest BCUT2D eigenvalue weighted by Gasteiger charge is 2.30. The van der Waals surface area contributed by atoms with Crippen molar-refractivity contribution in [3.63, 3.8) is 0 Å². The Balaban J connectivity index is 1.36. The number of ether oxygens (including phenoxy) is 1. The average Bonchev–Trinajstić information content (AvgIpc) is 3.33. The van der Waals surface area contributed by atoms with Crippen molar-refractivity contribution >= 4 is 34.2 Å². The number of nitrogens with one attached hydrogen (secondary N) is 1. The molecule has 0 aliphatic carbocycles. The van der Waals surface area contributed by atoms with Crippen molar-refractivity contribution in [1.82, 2.24) is 14.9 Å². The Hall–Kier alpha value is -3.52. The van der Waals surface area contributed by atoms with Gasteiger partial charge in [-0.15, -0.1) is 0 Å². The minimum atomic E-state index is -0.151. The van der Waals surface area contributed by atoms with Gasteiger partial charge in [0.2, 0.25) is 5.91 Å². The predicted octanol–water partition coefficient (Wildman–Crippen LogP) is 2.84. The van der Waals surface area contributed by atoms with E-state index in [1.807, 2.05) is 30.3 Å². The van der Waals surface area contributed by atoms with Crippen LogP contribution in [0.15, 0.2) is 48.8 Å². The van der Waals surface area contributed by atoms with Gasteiger partial charge in [0.05, 0.1) is 36.0 Å². The summed E-state index contributed by atoms with van der Waals surface area (Å²) in [4.78, 5) is 37.9. The van der Waals surface area contributed by atoms with Crippen LogP contribution >= 0.6 is 0 Å². The lowest BCUT2D eigenvalue weighted by molar-refractivity contribution is -0.117. The molecule has 1 N–H and O–H groups in total. The largest absolute Gasteiger partial charge is 0.376 e. The Kier molecular flexibility index (Phi) is 5.45. The van der Waals surface area contributed by atoms with E-state index in [4.69, 9.17) is 4.74 Å². The minimum absolute atomic E-state index is 0.0225. The Morgan fingerprint density at radius 1 is 1.28 bits per heavy atom. The summed E-state index contributed by atoms with van der Waals surface area (Å²) < 4.78 is 5.72. The molecular weight excluding hydrogens is 406 g/mol. The second kappa shape index (κ2) is 8.55. The number of nitrogens with zero attached hydrogens (tertiary/aromatic N) is 4. The molecule has 5 rings (SSSR count). The molecule has 0 spiro atoms. The highest BCUT2D eigenvalue weighted by molar-refractivity contribution is 6.04. The van der Waals surface area contributed by atoms with Gasteiger partial charge >= 0.3 is 0 Å². The molecule has 2 aliphatic heterocycles. The van der Waals surface area contributed by atoms with Crippen molar-refractivity contribution < 1.29 is 14.3 Å². The summed E-state index contributed by atoms with van der Waals surface area (Å²) in [6, 6.07) is 11.7. The summed E-state index contributed by atoms with van der Waals surface area (Å²) in [6.07, 6.45) is 5.29. The summed E-state index contributed by atoms with van der Waals surface area (Å²) in [6.45, 7) is 1.85. The first-order valence-corrected chi connectivity index (χ1v) is 10.8. The molecule has 164 valence electrons. The van der Waals surface area contributed by atoms with Gasteiger partial charge in [-0.3, -0.25) is 14.6 Å². The first-order valence-electron chi connectivity index (χ1n) is 10.8. The van der Waals surface area contributed by atoms with Crippen molar-refractivity contribution in [2.75, 3.05) is 37.0 Å². The van der Waals surface area contributed by atoms with E-state index in [0.717, 1.165) is 35.9 Å². The number of hydrogen-bond acceptors (Lipinski definition) is 6. The van der Waals surface area contributed by atoms with Gasteiger partial charge < -0.3 is 19.9 Å². The number of fused-ring (bicyclic) bond motifs is 2. The fourth-order valence-electron chi connectivity index (χ4n) is 4.28. The van der Waals surface area contributed by atoms with Crippen molar-refractivity contribution in [3.8, 4) is 0 Å². The van der Waals surface area contributed by atoms with Crippen molar-refractivity contribution in [2.45, 2.75) is 25.5 Å². The number of hydrogen-bond donors (Lipinski definition) is 1. The number of carbonyl (C=O) groups is 2. The van der Waals surface area contributed by atoms with Crippen LogP contribution in [0.25, 0.3) is 10.9 Å². The topological polar surface area (TPSA) is 87.7 Å². The summed E-state index contributed by atoms with van der Waals surface area (Å²) in [5.74, 6) is 0.419. The van der Waals surface area contributed by atoms with Crippen LogP contribution in [0.1, 0.15) is 28.8 Å². The lowest BCUT2D eigenvalue weighted by atomic mass is 10.1. The van der Waals surface area contributed by atoms with Gasteiger partial charge in [-0.05, 0) is 42.7 Å². The Bertz CT molecular complexity index is 1180. The summed E-state index contributed by atoms with van der Waals surface area (Å²) in [5.41, 5.74) is 3.02. The zero-order valence-electron chi connectivity index (χ0n) is 18.0. The zero-order chi connectivity index (χ0) is 22.1. The Morgan fingerprint density at radius 3 is 3.03 bits per heavy atom. The monoisotopic (exact) mass is 431 g/mol. The second-order valence-electron chi connectivity index (χ2n) is 8.28. The molecule has 1 unspecified atom stereocenters. The smallest absolute Gasteiger partial charge is 0.255 e. The molecular formula is C24H25N5O3. The van der Waals surface area contributed by atoms with Crippen molar-refractivity contribution in [3.05, 3.63) is 59.9 Å². The van der Waals surface area contributed by atoms with Crippen LogP contribution in [-0.2, 0) is 16.1 Å². The van der Waals surface area contributed by atoms with Gasteiger partial charge in [-0.25, -0.2) is 4.98 Å². The van der Waals surface area contributed by atoms with Gasteiger partial charge in [0.25, 0.3) is 5.91 Å². The highest BCUT2D eigenvalue weighted by Crippen LogP contribution is 2.30. The Morgan fingerprint density at radius 2 is 2.19 bits per heavy atom. The van der Waals surface area contributed by atoms with Crippen LogP contribution in [0.4, 0.5) is 11.5 Å². The molecule has 1 fully saturated rings. The molecule has 0 bridgehead atoms. The lowest BCUT2D eigenvalue weighted by Gasteiger charge is -2.31. The van der Waals surface area contributed by atoms with Gasteiger partial charge in [0.1, 0.15) is 5.82 Å². The second-order valence-corrected chi connectivity index (χ2v) is 8.28. The predicted molar refractivity (Wildman–Crippen MR) is 122 cm³/mol. The zero-order valence-corrected chi connectivity index (χ0v) is 18.0. The van der Waals surface area contributed by atoms with Crippen molar-refractivity contribution in [1.29, 1.82) is 0 Å². The van der Waals surface area contributed by atoms with Crippen LogP contribution in [0, 0.1) is 0 Å². The molecule has 32 heavy (non-hydrogen) atoms. The van der Waals surface area contributed by atoms with Gasteiger partial charge in [-0.2, -0.15) is 0 Å². The highest BCUT2D eigenvalue weighted by atomic mass is 16.5. The van der Waals surface area contributed by atoms with Crippen LogP contribution in [0.2, 0.25) is 0 Å². The van der Waals surface area contributed by atoms with Crippen molar-refractivity contribution in [2.24, 2.45) is 0 Å². The molecule has 0 radical (unpaired) electrons. The number of rotatable bonds is 5. The van der Waals surface area contributed by atoms with Crippen LogP contribution in [-0.4, -0.2) is 59.5 Å². The van der Waals surface area contributed by atoms with E-state index in [1.54, 1.807) is 35.3 Å². The van der Waals surface area contributed by atoms with E-state index >= 15 is 0 Å². The maximum atomic E-state index is 13.2. The van der Waals surface area contributed by atoms with E-state index in [-0.39, 0.29) is 24.5 Å². The van der Waals surface area contributed by atoms with Crippen LogP contribution in [0.5, 0.6) is 0 Å². The van der Waals surface area contributed by atoms with Gasteiger partial charge in [0, 0.05) is 38.0 Å². The third kappa shape index (κ3) is 4.01. The fourth-order valence-corrected chi connectivity index (χ4v) is 4.28. The average molecular weight is 431 g/mol. The standard InChI is InChI=1S/C24H25N5O3/c1-28(14-16-6-7-20-17(10-16)4-2-8-25-20)24(31)18-11-21-23(26-12-18)27-13-22(30)29(21)15-19-5-3-9-32-19/h2,4,6-8,10-12,19H,3,5,9,13-15H2,1H3,(H,26,27). The first-order chi connectivity index (χ1) is 15.6. The molecule has 8 nitrogen and oxygen atoms in total. The van der Waals surface area contributed by atoms with E-state index < -0.39 is 0 Å². The molecule has 1 saturated heterocycles. The van der Waals surface area contributed by atoms with E-state index in [0.29, 0.717) is 30.2 Å². The number of carbonyl (C=O) groups excluding carboxylic acids is 2. The van der Waals surface area contributed by atoms with Crippen LogP contribution < -0.4 is 10.2 Å². The van der Waals surface area contributed by atoms with E-state index in [9.17, 15) is 9.59 Å². The molecule has 2 amide bonds. The lowest BCUT2D eigenvalue weighted by Crippen LogP contribution is -2.44. The third-order valence-electron chi connectivity index (χ3n) is 5.96. The van der Waals surface area contributed by atoms with Gasteiger partial charge in [0.15, 0.2) is 0 Å². The minimum Gasteiger partial charge on any atom is -0.376 e. The molecule has 1 aromatic carbocycles. The third-order valence-corrected chi connectivity index (χ3v) is 5.96. The summed E-state index contributed by atoms with van der Waals surface area (Å²) in [7, 11) is 1.77. The SMILES string of the molecule is CN(Cc1ccc2ncccc2c1)C(=O)c1cnc2c(c1)N(CC1CCCO1)C(=O)CN2. The summed E-state index contributed by atoms with van der Waals surface area (Å²) in [5, 5.41) is 4.08.